The van der Waals surface area contributed by atoms with Gasteiger partial charge in [-0.3, -0.25) is 0 Å². The summed E-state index contributed by atoms with van der Waals surface area (Å²) in [5, 5.41) is 9.06. The Bertz CT molecular complexity index is 1270. The number of nitrogens with zero attached hydrogens (tertiary/aromatic N) is 3. The first-order valence-corrected chi connectivity index (χ1v) is 10.2. The number of ether oxygens (including phenoxy) is 2. The highest BCUT2D eigenvalue weighted by molar-refractivity contribution is 5.74. The first-order chi connectivity index (χ1) is 15.0. The van der Waals surface area contributed by atoms with Gasteiger partial charge in [-0.1, -0.05) is 12.1 Å². The van der Waals surface area contributed by atoms with E-state index in [1.807, 2.05) is 42.5 Å². The number of benzene rings is 3. The fraction of sp³-hybridized carbons (Fsp3) is 0.231. The number of nitriles is 1. The molecule has 164 valence electrons. The average Bonchev–Trinajstić information content (AvgIpc) is 3.09. The lowest BCUT2D eigenvalue weighted by atomic mass is 10.1. The highest BCUT2D eigenvalue weighted by Gasteiger charge is 2.18. The number of aryl methyl sites for hydroxylation is 2. The smallest absolute Gasteiger partial charge is 0.245 e. The van der Waals surface area contributed by atoms with Gasteiger partial charge >= 0.3 is 0 Å². The van der Waals surface area contributed by atoms with Crippen LogP contribution in [0.15, 0.2) is 60.9 Å². The van der Waals surface area contributed by atoms with E-state index in [0.717, 1.165) is 29.2 Å². The second-order valence-electron chi connectivity index (χ2n) is 7.83. The molecule has 4 rings (SSSR count). The zero-order valence-electron chi connectivity index (χ0n) is 18.7. The predicted molar refractivity (Wildman–Crippen MR) is 121 cm³/mol. The fourth-order valence-corrected chi connectivity index (χ4v) is 3.83. The minimum atomic E-state index is 0. The van der Waals surface area contributed by atoms with Crippen LogP contribution >= 0.6 is 0 Å². The van der Waals surface area contributed by atoms with Gasteiger partial charge in [0.1, 0.15) is 24.6 Å². The van der Waals surface area contributed by atoms with Crippen LogP contribution in [0, 0.1) is 25.2 Å². The molecule has 1 heterocycles. The molecule has 0 atom stereocenters. The molecule has 0 saturated heterocycles. The molecule has 0 saturated carbocycles. The SMILES string of the molecule is COc1cc(C[n+]2cn(Cc3ccc(C#N)cc3)c3cc(C)c(C)cc32)cc(OC)c1.[Br-]. The molecule has 4 aromatic rings. The van der Waals surface area contributed by atoms with Crippen molar-refractivity contribution in [3.8, 4) is 17.6 Å². The maximum absolute atomic E-state index is 9.06. The Hall–Kier alpha value is -3.30. The van der Waals surface area contributed by atoms with Crippen molar-refractivity contribution in [1.29, 1.82) is 5.26 Å². The number of hydrogen-bond acceptors (Lipinski definition) is 3. The van der Waals surface area contributed by atoms with E-state index >= 15 is 0 Å². The summed E-state index contributed by atoms with van der Waals surface area (Å²) in [4.78, 5) is 0. The molecule has 6 heteroatoms. The van der Waals surface area contributed by atoms with Gasteiger partial charge in [0.15, 0.2) is 11.0 Å². The standard InChI is InChI=1S/C26H26N3O2.BrH/c1-18-9-25-26(10-19(18)2)29(16-22-11-23(30-3)13-24(12-22)31-4)17-28(25)15-21-7-5-20(14-27)6-8-21;/h5-13,17H,15-16H2,1-4H3;1H/q+1;/p-1. The van der Waals surface area contributed by atoms with Crippen LogP contribution in [0.2, 0.25) is 0 Å². The van der Waals surface area contributed by atoms with Crippen LogP contribution in [-0.2, 0) is 13.1 Å². The molecule has 0 aliphatic heterocycles. The summed E-state index contributed by atoms with van der Waals surface area (Å²) in [7, 11) is 3.34. The van der Waals surface area contributed by atoms with Crippen LogP contribution in [0.3, 0.4) is 0 Å². The molecule has 0 amide bonds. The largest absolute Gasteiger partial charge is 1.00 e. The summed E-state index contributed by atoms with van der Waals surface area (Å²) in [6.07, 6.45) is 2.16. The van der Waals surface area contributed by atoms with Gasteiger partial charge in [-0.2, -0.15) is 5.26 Å². The Morgan fingerprint density at radius 1 is 0.875 bits per heavy atom. The Kier molecular flexibility index (Phi) is 7.22. The first kappa shape index (κ1) is 23.4. The fourth-order valence-electron chi connectivity index (χ4n) is 3.83. The monoisotopic (exact) mass is 491 g/mol. The Balaban J connectivity index is 0.00000289. The van der Waals surface area contributed by atoms with Crippen LogP contribution in [0.5, 0.6) is 11.5 Å². The normalized spacial score (nSPS) is 10.5. The predicted octanol–water partition coefficient (Wildman–Crippen LogP) is 1.54. The van der Waals surface area contributed by atoms with E-state index in [-0.39, 0.29) is 17.0 Å². The molecule has 32 heavy (non-hydrogen) atoms. The minimum absolute atomic E-state index is 0. The summed E-state index contributed by atoms with van der Waals surface area (Å²) in [5.41, 5.74) is 7.83. The van der Waals surface area contributed by atoms with Crippen LogP contribution in [-0.4, -0.2) is 18.8 Å². The zero-order valence-corrected chi connectivity index (χ0v) is 20.3. The van der Waals surface area contributed by atoms with Gasteiger partial charge in [0, 0.05) is 11.6 Å². The molecule has 1 aromatic heterocycles. The summed E-state index contributed by atoms with van der Waals surface area (Å²) < 4.78 is 15.4. The molecule has 0 unspecified atom stereocenters. The molecule has 0 radical (unpaired) electrons. The number of imidazole rings is 1. The van der Waals surface area contributed by atoms with Crippen molar-refractivity contribution in [2.24, 2.45) is 0 Å². The average molecular weight is 492 g/mol. The third-order valence-corrected chi connectivity index (χ3v) is 5.69. The summed E-state index contributed by atoms with van der Waals surface area (Å²) in [5.74, 6) is 1.56. The van der Waals surface area contributed by atoms with E-state index in [9.17, 15) is 0 Å². The molecule has 3 aromatic carbocycles. The lowest BCUT2D eigenvalue weighted by Crippen LogP contribution is -3.00. The quantitative estimate of drug-likeness (QED) is 0.384. The van der Waals surface area contributed by atoms with Crippen molar-refractivity contribution < 1.29 is 31.0 Å². The second-order valence-corrected chi connectivity index (χ2v) is 7.83. The molecule has 5 nitrogen and oxygen atoms in total. The topological polar surface area (TPSA) is 51.1 Å². The van der Waals surface area contributed by atoms with Gasteiger partial charge in [0.25, 0.3) is 0 Å². The maximum Gasteiger partial charge on any atom is 0.245 e. The molecular weight excluding hydrogens is 466 g/mol. The van der Waals surface area contributed by atoms with E-state index in [4.69, 9.17) is 14.7 Å². The van der Waals surface area contributed by atoms with E-state index in [0.29, 0.717) is 12.1 Å². The van der Waals surface area contributed by atoms with Crippen LogP contribution in [0.4, 0.5) is 0 Å². The Morgan fingerprint density at radius 3 is 2.09 bits per heavy atom. The van der Waals surface area contributed by atoms with Crippen LogP contribution in [0.25, 0.3) is 11.0 Å². The van der Waals surface area contributed by atoms with Gasteiger partial charge in [0.2, 0.25) is 6.33 Å². The summed E-state index contributed by atoms with van der Waals surface area (Å²) >= 11 is 0. The lowest BCUT2D eigenvalue weighted by Gasteiger charge is -2.07. The van der Waals surface area contributed by atoms with Crippen molar-refractivity contribution >= 4 is 11.0 Å². The highest BCUT2D eigenvalue weighted by atomic mass is 79.9. The number of halogens is 1. The third-order valence-electron chi connectivity index (χ3n) is 5.69. The molecular formula is C26H26BrN3O2. The number of fused-ring (bicyclic) bond motifs is 1. The van der Waals surface area contributed by atoms with Crippen molar-refractivity contribution in [3.63, 3.8) is 0 Å². The number of aromatic nitrogens is 2. The number of methoxy groups -OCH3 is 2. The van der Waals surface area contributed by atoms with Crippen molar-refractivity contribution in [3.05, 3.63) is 88.7 Å². The summed E-state index contributed by atoms with van der Waals surface area (Å²) in [6, 6.07) is 20.4. The van der Waals surface area contributed by atoms with Crippen molar-refractivity contribution in [1.82, 2.24) is 4.57 Å². The van der Waals surface area contributed by atoms with E-state index in [1.54, 1.807) is 14.2 Å². The molecule has 0 bridgehead atoms. The van der Waals surface area contributed by atoms with Crippen molar-refractivity contribution in [2.75, 3.05) is 14.2 Å². The zero-order chi connectivity index (χ0) is 22.0. The molecule has 0 N–H and O–H groups in total. The van der Waals surface area contributed by atoms with Crippen molar-refractivity contribution in [2.45, 2.75) is 26.9 Å². The van der Waals surface area contributed by atoms with Gasteiger partial charge in [-0.15, -0.1) is 0 Å². The molecule has 0 fully saturated rings. The summed E-state index contributed by atoms with van der Waals surface area (Å²) in [6.45, 7) is 5.73. The molecule has 0 aliphatic rings. The highest BCUT2D eigenvalue weighted by Crippen LogP contribution is 2.24. The number of rotatable bonds is 6. The molecule has 0 aliphatic carbocycles. The third kappa shape index (κ3) is 4.79. The van der Waals surface area contributed by atoms with E-state index in [1.165, 1.54) is 22.2 Å². The van der Waals surface area contributed by atoms with E-state index < -0.39 is 0 Å². The Labute approximate surface area is 199 Å². The van der Waals surface area contributed by atoms with Crippen LogP contribution < -0.4 is 31.0 Å². The van der Waals surface area contributed by atoms with E-state index in [2.05, 4.69) is 47.5 Å². The maximum atomic E-state index is 9.06. The van der Waals surface area contributed by atoms with Gasteiger partial charge in [0.05, 0.1) is 25.9 Å². The lowest BCUT2D eigenvalue weighted by molar-refractivity contribution is -0.663. The van der Waals surface area contributed by atoms with Crippen LogP contribution in [0.1, 0.15) is 27.8 Å². The molecule has 0 spiro atoms. The van der Waals surface area contributed by atoms with Gasteiger partial charge in [-0.25, -0.2) is 9.13 Å². The second kappa shape index (κ2) is 9.88. The Morgan fingerprint density at radius 2 is 1.50 bits per heavy atom. The minimum Gasteiger partial charge on any atom is -1.00 e. The first-order valence-electron chi connectivity index (χ1n) is 10.2. The van der Waals surface area contributed by atoms with Gasteiger partial charge in [-0.05, 0) is 66.9 Å². The number of hydrogen-bond donors (Lipinski definition) is 0. The van der Waals surface area contributed by atoms with Gasteiger partial charge < -0.3 is 26.5 Å².